The van der Waals surface area contributed by atoms with Crippen LogP contribution in [-0.2, 0) is 95.8 Å². The largest absolute Gasteiger partial charge is 4.00 e. The van der Waals surface area contributed by atoms with E-state index in [1.54, 1.807) is 0 Å². The van der Waals surface area contributed by atoms with Gasteiger partial charge in [0.1, 0.15) is 0 Å². The minimum atomic E-state index is 0. The van der Waals surface area contributed by atoms with E-state index < -0.39 is 0 Å². The molecule has 0 unspecified atom stereocenters. The van der Waals surface area contributed by atoms with Crippen LogP contribution >= 0.6 is 0 Å². The van der Waals surface area contributed by atoms with Crippen LogP contribution in [0.5, 0.6) is 0 Å². The Hall–Kier alpha value is 2.67. The van der Waals surface area contributed by atoms with Crippen molar-refractivity contribution in [2.45, 2.75) is 0 Å². The summed E-state index contributed by atoms with van der Waals surface area (Å²) in [7, 11) is 0. The molecule has 0 amide bonds. The van der Waals surface area contributed by atoms with Gasteiger partial charge in [-0.05, 0) is 0 Å². The van der Waals surface area contributed by atoms with E-state index in [2.05, 4.69) is 0 Å². The molecule has 2 nitrogen and oxygen atoms in total. The zero-order chi connectivity index (χ0) is 0. The van der Waals surface area contributed by atoms with Crippen LogP contribution < -0.4 is 0 Å². The maximum absolute atomic E-state index is 0. The summed E-state index contributed by atoms with van der Waals surface area (Å²) in [4.78, 5) is 0. The minimum Gasteiger partial charge on any atom is -2.00 e. The molecule has 0 atom stereocenters. The van der Waals surface area contributed by atoms with E-state index >= 15 is 0 Å². The third kappa shape index (κ3) is 30.1. The zero-order valence-corrected chi connectivity index (χ0v) is 10.8. The molecule has 0 bridgehead atoms. The molecule has 0 spiro atoms. The molecule has 0 aliphatic heterocycles. The predicted molar refractivity (Wildman–Crippen MR) is 1.37 cm³/mol. The van der Waals surface area contributed by atoms with Gasteiger partial charge in [-0.1, -0.05) is 0 Å². The molecule has 0 heterocycles. The molecule has 0 rings (SSSR count). The van der Waals surface area contributed by atoms with E-state index in [1.165, 1.54) is 0 Å². The molecular formula is MoNiO2WZr+6. The van der Waals surface area contributed by atoms with Crippen LogP contribution in [0.1, 0.15) is 0 Å². The van der Waals surface area contributed by atoms with E-state index in [-0.39, 0.29) is 95.8 Å². The fourth-order valence-electron chi connectivity index (χ4n) is 0. The van der Waals surface area contributed by atoms with Gasteiger partial charge in [-0.3, -0.25) is 0 Å². The second-order valence-electron chi connectivity index (χ2n) is 0. The molecular weight excluding hydrogens is 462 g/mol. The van der Waals surface area contributed by atoms with Gasteiger partial charge in [0.15, 0.2) is 0 Å². The van der Waals surface area contributed by atoms with Crippen LogP contribution in [0.4, 0.5) is 0 Å². The van der Waals surface area contributed by atoms with Crippen LogP contribution in [-0.4, -0.2) is 0 Å². The van der Waals surface area contributed by atoms with Gasteiger partial charge in [0.2, 0.25) is 0 Å². The summed E-state index contributed by atoms with van der Waals surface area (Å²) in [6.07, 6.45) is 0. The van der Waals surface area contributed by atoms with Crippen molar-refractivity contribution in [3.63, 3.8) is 0 Å². The molecule has 0 aromatic carbocycles. The Morgan fingerprint density at radius 2 is 0.833 bits per heavy atom. The molecule has 0 saturated carbocycles. The standard InChI is InChI=1S/Mo.Ni.2O.W.Zr/q+4;+2;2*-2;;+4. The zero-order valence-electron chi connectivity index (χ0n) is 2.45. The first-order chi connectivity index (χ1) is 0. The van der Waals surface area contributed by atoms with E-state index in [1.807, 2.05) is 0 Å². The molecule has 0 aliphatic rings. The minimum absolute atomic E-state index is 0. The summed E-state index contributed by atoms with van der Waals surface area (Å²) < 4.78 is 0. The monoisotopic (exact) mass is 462 g/mol. The molecule has 0 radical (unpaired) electrons. The smallest absolute Gasteiger partial charge is 2.00 e. The molecule has 0 saturated heterocycles. The molecule has 6 heavy (non-hydrogen) atoms. The molecule has 0 aromatic heterocycles. The summed E-state index contributed by atoms with van der Waals surface area (Å²) in [5, 5.41) is 0. The first-order valence-corrected chi connectivity index (χ1v) is 0. The second-order valence-corrected chi connectivity index (χ2v) is 0. The Morgan fingerprint density at radius 1 is 0.833 bits per heavy atom. The quantitative estimate of drug-likeness (QED) is 0.447. The number of rotatable bonds is 0. The Morgan fingerprint density at radius 3 is 0.833 bits per heavy atom. The van der Waals surface area contributed by atoms with Crippen molar-refractivity contribution < 1.29 is 95.8 Å². The summed E-state index contributed by atoms with van der Waals surface area (Å²) in [5.41, 5.74) is 0. The van der Waals surface area contributed by atoms with Gasteiger partial charge in [0.25, 0.3) is 0 Å². The van der Waals surface area contributed by atoms with Crippen molar-refractivity contribution >= 4 is 0 Å². The van der Waals surface area contributed by atoms with Crippen LogP contribution in [0.2, 0.25) is 0 Å². The summed E-state index contributed by atoms with van der Waals surface area (Å²) in [6, 6.07) is 0. The predicted octanol–water partition coefficient (Wildman–Crippen LogP) is -0.248. The average Bonchev–Trinajstić information content (AvgIpc) is 0. The van der Waals surface area contributed by atoms with Gasteiger partial charge >= 0.3 is 63.8 Å². The maximum atomic E-state index is 0. The van der Waals surface area contributed by atoms with Gasteiger partial charge in [0.05, 0.1) is 0 Å². The van der Waals surface area contributed by atoms with Gasteiger partial charge in [-0.15, -0.1) is 0 Å². The van der Waals surface area contributed by atoms with Crippen molar-refractivity contribution in [2.75, 3.05) is 0 Å². The summed E-state index contributed by atoms with van der Waals surface area (Å²) in [6.45, 7) is 0. The van der Waals surface area contributed by atoms with E-state index in [9.17, 15) is 0 Å². The molecule has 6 heteroatoms. The van der Waals surface area contributed by atoms with Gasteiger partial charge in [-0.2, -0.15) is 0 Å². The average molecular weight is 462 g/mol. The van der Waals surface area contributed by atoms with Gasteiger partial charge in [0, 0.05) is 21.1 Å². The van der Waals surface area contributed by atoms with Crippen LogP contribution in [0.3, 0.4) is 0 Å². The molecule has 0 aliphatic carbocycles. The molecule has 32 valence electrons. The Kier molecular flexibility index (Phi) is 569. The molecule has 0 aromatic rings. The van der Waals surface area contributed by atoms with Crippen molar-refractivity contribution in [1.29, 1.82) is 0 Å². The Balaban J connectivity index is 0. The van der Waals surface area contributed by atoms with E-state index in [0.717, 1.165) is 0 Å². The van der Waals surface area contributed by atoms with Crippen molar-refractivity contribution in [1.82, 2.24) is 0 Å². The van der Waals surface area contributed by atoms with E-state index in [4.69, 9.17) is 0 Å². The fourth-order valence-corrected chi connectivity index (χ4v) is 0. The number of hydrogen-bond donors (Lipinski definition) is 0. The van der Waals surface area contributed by atoms with Crippen molar-refractivity contribution in [3.05, 3.63) is 0 Å². The van der Waals surface area contributed by atoms with Crippen molar-refractivity contribution in [3.8, 4) is 0 Å². The third-order valence-corrected chi connectivity index (χ3v) is 0. The normalized spacial score (nSPS) is 0. The van der Waals surface area contributed by atoms with Crippen molar-refractivity contribution in [2.24, 2.45) is 0 Å². The Bertz CT molecular complexity index is 13.5. The van der Waals surface area contributed by atoms with Crippen LogP contribution in [0.25, 0.3) is 0 Å². The van der Waals surface area contributed by atoms with Gasteiger partial charge in [-0.25, -0.2) is 0 Å². The first kappa shape index (κ1) is 71.5. The molecule has 0 N–H and O–H groups in total. The molecule has 0 fully saturated rings. The Labute approximate surface area is 94.4 Å². The summed E-state index contributed by atoms with van der Waals surface area (Å²) >= 11 is 0. The fraction of sp³-hybridized carbons (Fsp3) is 0. The van der Waals surface area contributed by atoms with Crippen LogP contribution in [0, 0.1) is 0 Å². The number of hydrogen-bond acceptors (Lipinski definition) is 0. The third-order valence-electron chi connectivity index (χ3n) is 0. The second kappa shape index (κ2) is 47.8. The van der Waals surface area contributed by atoms with Crippen LogP contribution in [0.15, 0.2) is 0 Å². The SMILES string of the molecule is [Mo+4].[Ni+2].[O-2].[O-2].[W].[Zr+4]. The topological polar surface area (TPSA) is 57.0 Å². The summed E-state index contributed by atoms with van der Waals surface area (Å²) in [5.74, 6) is 0. The first-order valence-electron chi connectivity index (χ1n) is 0. The van der Waals surface area contributed by atoms with Gasteiger partial charge < -0.3 is 11.0 Å². The maximum Gasteiger partial charge on any atom is 4.00 e. The van der Waals surface area contributed by atoms with E-state index in [0.29, 0.717) is 0 Å².